The van der Waals surface area contributed by atoms with E-state index in [2.05, 4.69) is 10.3 Å². The average Bonchev–Trinajstić information content (AvgIpc) is 3.14. The summed E-state index contributed by atoms with van der Waals surface area (Å²) in [5.74, 6) is -2.92. The van der Waals surface area contributed by atoms with Crippen molar-refractivity contribution in [3.63, 3.8) is 0 Å². The summed E-state index contributed by atoms with van der Waals surface area (Å²) in [5, 5.41) is 13.8. The molecule has 0 aliphatic carbocycles. The van der Waals surface area contributed by atoms with Gasteiger partial charge in [0.15, 0.2) is 5.17 Å². The summed E-state index contributed by atoms with van der Waals surface area (Å²) < 4.78 is 13.0. The van der Waals surface area contributed by atoms with E-state index in [-0.39, 0.29) is 15.6 Å². The second-order valence-electron chi connectivity index (χ2n) is 5.93. The molecule has 2 aliphatic heterocycles. The molecule has 0 unspecified atom stereocenters. The Labute approximate surface area is 162 Å². The van der Waals surface area contributed by atoms with Crippen LogP contribution in [0.4, 0.5) is 15.8 Å². The zero-order chi connectivity index (χ0) is 19.8. The molecule has 2 aromatic rings. The molecule has 0 spiro atoms. The number of para-hydroxylation sites is 1. The molecule has 2 aromatic carbocycles. The van der Waals surface area contributed by atoms with E-state index in [1.165, 1.54) is 24.3 Å². The molecule has 0 saturated carbocycles. The third kappa shape index (κ3) is 3.16. The van der Waals surface area contributed by atoms with Crippen LogP contribution in [-0.4, -0.2) is 29.5 Å². The van der Waals surface area contributed by atoms with Gasteiger partial charge in [-0.3, -0.25) is 9.59 Å². The first-order valence-corrected chi connectivity index (χ1v) is 8.94. The first-order valence-electron chi connectivity index (χ1n) is 8.13. The van der Waals surface area contributed by atoms with Gasteiger partial charge in [-0.25, -0.2) is 9.38 Å². The molecular weight excluding hydrogens is 385 g/mol. The number of rotatable bonds is 3. The van der Waals surface area contributed by atoms with E-state index in [1.54, 1.807) is 24.3 Å². The Hall–Kier alpha value is -3.46. The number of amides is 2. The van der Waals surface area contributed by atoms with Gasteiger partial charge >= 0.3 is 0 Å². The van der Waals surface area contributed by atoms with Gasteiger partial charge in [0, 0.05) is 5.56 Å². The number of thioether (sulfide) groups is 1. The Bertz CT molecular complexity index is 1080. The Balaban J connectivity index is 1.74. The Morgan fingerprint density at radius 2 is 1.86 bits per heavy atom. The lowest BCUT2D eigenvalue weighted by atomic mass is 10.1. The van der Waals surface area contributed by atoms with Crippen LogP contribution in [0, 0.1) is 5.82 Å². The minimum Gasteiger partial charge on any atom is -0.548 e. The number of hydrogen-bond donors (Lipinski definition) is 1. The number of carboxylic acid groups (broad SMARTS) is 1. The van der Waals surface area contributed by atoms with Gasteiger partial charge in [0.25, 0.3) is 11.8 Å². The van der Waals surface area contributed by atoms with Crippen molar-refractivity contribution in [1.29, 1.82) is 0 Å². The summed E-state index contributed by atoms with van der Waals surface area (Å²) in [6.45, 7) is -0.616. The minimum absolute atomic E-state index is 0.114. The summed E-state index contributed by atoms with van der Waals surface area (Å²) in [6.07, 6.45) is 0. The largest absolute Gasteiger partial charge is 0.548 e. The van der Waals surface area contributed by atoms with E-state index in [0.29, 0.717) is 16.9 Å². The number of nitrogens with one attached hydrogen (secondary N) is 1. The lowest BCUT2D eigenvalue weighted by Gasteiger charge is -2.17. The average molecular weight is 396 g/mol. The van der Waals surface area contributed by atoms with E-state index < -0.39 is 30.1 Å². The molecule has 0 atom stereocenters. The summed E-state index contributed by atoms with van der Waals surface area (Å²) >= 11 is 0.968. The second kappa shape index (κ2) is 6.93. The summed E-state index contributed by atoms with van der Waals surface area (Å²) in [5.41, 5.74) is 1.42. The van der Waals surface area contributed by atoms with Crippen LogP contribution in [-0.2, 0) is 14.4 Å². The molecule has 1 saturated heterocycles. The molecule has 28 heavy (non-hydrogen) atoms. The van der Waals surface area contributed by atoms with Crippen molar-refractivity contribution in [1.82, 2.24) is 5.32 Å². The maximum atomic E-state index is 13.0. The molecule has 0 aromatic heterocycles. The molecule has 7 nitrogen and oxygen atoms in total. The molecule has 9 heteroatoms. The zero-order valence-electron chi connectivity index (χ0n) is 14.1. The third-order valence-electron chi connectivity index (χ3n) is 4.12. The fourth-order valence-electron chi connectivity index (χ4n) is 2.96. The van der Waals surface area contributed by atoms with Gasteiger partial charge in [-0.15, -0.1) is 0 Å². The number of carbonyl (C=O) groups excluding carboxylic acids is 3. The zero-order valence-corrected chi connectivity index (χ0v) is 15.0. The fraction of sp³-hybridized carbons (Fsp3) is 0.0526. The van der Waals surface area contributed by atoms with Crippen molar-refractivity contribution in [2.24, 2.45) is 4.99 Å². The molecule has 140 valence electrons. The first kappa shape index (κ1) is 17.9. The van der Waals surface area contributed by atoms with Crippen molar-refractivity contribution in [2.45, 2.75) is 0 Å². The van der Waals surface area contributed by atoms with Gasteiger partial charge in [0.2, 0.25) is 0 Å². The third-order valence-corrected chi connectivity index (χ3v) is 5.10. The molecular formula is C19H11FN3O4S-. The van der Waals surface area contributed by atoms with Crippen LogP contribution in [0.5, 0.6) is 0 Å². The van der Waals surface area contributed by atoms with E-state index in [0.717, 1.165) is 16.7 Å². The Morgan fingerprint density at radius 3 is 2.57 bits per heavy atom. The maximum Gasteiger partial charge on any atom is 0.264 e. The van der Waals surface area contributed by atoms with Crippen molar-refractivity contribution >= 4 is 51.7 Å². The normalized spacial score (nSPS) is 19.9. The highest BCUT2D eigenvalue weighted by Gasteiger charge is 2.39. The summed E-state index contributed by atoms with van der Waals surface area (Å²) in [7, 11) is 0. The Kier molecular flexibility index (Phi) is 4.44. The van der Waals surface area contributed by atoms with Gasteiger partial charge in [0.05, 0.1) is 34.4 Å². The van der Waals surface area contributed by atoms with Crippen LogP contribution in [0.15, 0.2) is 58.4 Å². The van der Waals surface area contributed by atoms with Crippen LogP contribution in [0.1, 0.15) is 5.56 Å². The monoisotopic (exact) mass is 396 g/mol. The highest BCUT2D eigenvalue weighted by atomic mass is 32.2. The van der Waals surface area contributed by atoms with Gasteiger partial charge in [-0.05, 0) is 42.1 Å². The number of benzene rings is 2. The minimum atomic E-state index is -1.41. The van der Waals surface area contributed by atoms with Gasteiger partial charge in [-0.1, -0.05) is 18.2 Å². The molecule has 0 radical (unpaired) electrons. The van der Waals surface area contributed by atoms with Gasteiger partial charge < -0.3 is 20.1 Å². The number of aliphatic carboxylic acids is 1. The second-order valence-corrected chi connectivity index (χ2v) is 6.93. The van der Waals surface area contributed by atoms with Crippen LogP contribution in [0.25, 0.3) is 5.57 Å². The lowest BCUT2D eigenvalue weighted by molar-refractivity contribution is -0.303. The Morgan fingerprint density at radius 1 is 1.14 bits per heavy atom. The van der Waals surface area contributed by atoms with Crippen molar-refractivity contribution in [3.05, 3.63) is 64.8 Å². The van der Waals surface area contributed by atoms with Crippen molar-refractivity contribution < 1.29 is 23.9 Å². The summed E-state index contributed by atoms with van der Waals surface area (Å²) in [6, 6.07) is 12.0. The van der Waals surface area contributed by atoms with Crippen LogP contribution < -0.4 is 15.3 Å². The van der Waals surface area contributed by atoms with E-state index in [9.17, 15) is 23.9 Å². The predicted molar refractivity (Wildman–Crippen MR) is 100.0 cm³/mol. The number of fused-ring (bicyclic) bond motifs is 1. The molecule has 1 fully saturated rings. The number of halogens is 1. The molecule has 0 bridgehead atoms. The van der Waals surface area contributed by atoms with Crippen LogP contribution >= 0.6 is 11.8 Å². The first-order chi connectivity index (χ1) is 13.4. The topological polar surface area (TPSA) is 102 Å². The smallest absolute Gasteiger partial charge is 0.264 e. The number of nitrogens with zero attached hydrogens (tertiary/aromatic N) is 2. The molecule has 2 heterocycles. The van der Waals surface area contributed by atoms with Gasteiger partial charge in [-0.2, -0.15) is 0 Å². The quantitative estimate of drug-likeness (QED) is 0.785. The van der Waals surface area contributed by atoms with E-state index in [1.807, 2.05) is 0 Å². The lowest BCUT2D eigenvalue weighted by Crippen LogP contribution is -2.39. The van der Waals surface area contributed by atoms with E-state index >= 15 is 0 Å². The number of hydrogen-bond acceptors (Lipinski definition) is 6. The number of amidine groups is 1. The standard InChI is InChI=1S/C19H12FN3O4S/c20-10-5-7-11(8-6-10)21-19-22-17(26)16(28-19)15-12-3-1-2-4-13(12)23(18(15)27)9-14(24)25/h1-8H,9H2,(H,24,25)(H,21,22,26)/p-1. The summed E-state index contributed by atoms with van der Waals surface area (Å²) in [4.78, 5) is 41.8. The fourth-order valence-corrected chi connectivity index (χ4v) is 3.89. The van der Waals surface area contributed by atoms with E-state index in [4.69, 9.17) is 0 Å². The molecule has 2 amide bonds. The highest BCUT2D eigenvalue weighted by molar-refractivity contribution is 8.18. The predicted octanol–water partition coefficient (Wildman–Crippen LogP) is 1.18. The number of anilines is 1. The number of aliphatic imine (C=N–C) groups is 1. The molecule has 4 rings (SSSR count). The van der Waals surface area contributed by atoms with Crippen LogP contribution in [0.2, 0.25) is 0 Å². The number of carboxylic acids is 1. The molecule has 2 aliphatic rings. The SMILES string of the molecule is O=C([O-])CN1C(=O)C(=C2SC(=Nc3ccc(F)cc3)NC2=O)c2ccccc21. The van der Waals surface area contributed by atoms with Gasteiger partial charge in [0.1, 0.15) is 5.82 Å². The van der Waals surface area contributed by atoms with Crippen molar-refractivity contribution in [2.75, 3.05) is 11.4 Å². The number of carbonyl (C=O) groups is 3. The molecule has 1 N–H and O–H groups in total. The maximum absolute atomic E-state index is 13.0. The van der Waals surface area contributed by atoms with Crippen molar-refractivity contribution in [3.8, 4) is 0 Å². The highest BCUT2D eigenvalue weighted by Crippen LogP contribution is 2.42. The van der Waals surface area contributed by atoms with Crippen LogP contribution in [0.3, 0.4) is 0 Å².